The number of rotatable bonds is 7. The van der Waals surface area contributed by atoms with Crippen molar-refractivity contribution < 1.29 is 4.79 Å². The third-order valence-corrected chi connectivity index (χ3v) is 5.31. The summed E-state index contributed by atoms with van der Waals surface area (Å²) in [7, 11) is 0. The molecule has 1 aromatic carbocycles. The SMILES string of the molecule is CCc1nnc(NC(=O)/C=C/c2cn(Cc3ccccc3)nc2-c2cccnc2)s1. The van der Waals surface area contributed by atoms with Crippen LogP contribution in [0, 0.1) is 0 Å². The highest BCUT2D eigenvalue weighted by molar-refractivity contribution is 7.15. The molecule has 0 spiro atoms. The second kappa shape index (κ2) is 9.23. The third-order valence-electron chi connectivity index (χ3n) is 4.33. The first-order valence-corrected chi connectivity index (χ1v) is 10.4. The molecule has 3 heterocycles. The Morgan fingerprint density at radius 3 is 2.77 bits per heavy atom. The summed E-state index contributed by atoms with van der Waals surface area (Å²) in [5.41, 5.74) is 3.64. The van der Waals surface area contributed by atoms with Gasteiger partial charge in [-0.2, -0.15) is 5.10 Å². The Kier molecular flexibility index (Phi) is 6.05. The quantitative estimate of drug-likeness (QED) is 0.459. The van der Waals surface area contributed by atoms with E-state index in [4.69, 9.17) is 5.10 Å². The summed E-state index contributed by atoms with van der Waals surface area (Å²) < 4.78 is 1.87. The molecule has 0 unspecified atom stereocenters. The van der Waals surface area contributed by atoms with Crippen molar-refractivity contribution in [1.82, 2.24) is 25.0 Å². The Morgan fingerprint density at radius 1 is 1.17 bits per heavy atom. The lowest BCUT2D eigenvalue weighted by atomic mass is 10.1. The molecule has 0 aliphatic heterocycles. The van der Waals surface area contributed by atoms with Gasteiger partial charge in [0, 0.05) is 35.8 Å². The number of pyridine rings is 1. The lowest BCUT2D eigenvalue weighted by Gasteiger charge is -2.01. The maximum absolute atomic E-state index is 12.3. The van der Waals surface area contributed by atoms with Crippen LogP contribution in [0.4, 0.5) is 5.13 Å². The van der Waals surface area contributed by atoms with Crippen LogP contribution in [0.15, 0.2) is 67.1 Å². The number of carbonyl (C=O) groups excluding carboxylic acids is 1. The number of carbonyl (C=O) groups is 1. The normalized spacial score (nSPS) is 11.1. The number of anilines is 1. The van der Waals surface area contributed by atoms with Crippen LogP contribution < -0.4 is 5.32 Å². The van der Waals surface area contributed by atoms with E-state index in [0.29, 0.717) is 11.7 Å². The molecule has 0 aliphatic rings. The molecule has 150 valence electrons. The predicted molar refractivity (Wildman–Crippen MR) is 118 cm³/mol. The second-order valence-electron chi connectivity index (χ2n) is 6.54. The number of hydrogen-bond donors (Lipinski definition) is 1. The molecule has 30 heavy (non-hydrogen) atoms. The van der Waals surface area contributed by atoms with Gasteiger partial charge in [-0.15, -0.1) is 10.2 Å². The van der Waals surface area contributed by atoms with Crippen LogP contribution in [0.2, 0.25) is 0 Å². The summed E-state index contributed by atoms with van der Waals surface area (Å²) in [4.78, 5) is 16.5. The first-order chi connectivity index (χ1) is 14.7. The number of aryl methyl sites for hydroxylation is 1. The molecule has 0 bridgehead atoms. The average molecular weight is 417 g/mol. The van der Waals surface area contributed by atoms with E-state index in [1.165, 1.54) is 17.4 Å². The fourth-order valence-corrected chi connectivity index (χ4v) is 3.58. The van der Waals surface area contributed by atoms with Gasteiger partial charge >= 0.3 is 0 Å². The first kappa shape index (κ1) is 19.7. The van der Waals surface area contributed by atoms with Gasteiger partial charge in [0.05, 0.1) is 6.54 Å². The van der Waals surface area contributed by atoms with Gasteiger partial charge in [0.15, 0.2) is 0 Å². The molecule has 1 amide bonds. The largest absolute Gasteiger partial charge is 0.297 e. The van der Waals surface area contributed by atoms with Crippen molar-refractivity contribution in [3.63, 3.8) is 0 Å². The molecule has 0 atom stereocenters. The number of nitrogens with one attached hydrogen (secondary N) is 1. The van der Waals surface area contributed by atoms with Gasteiger partial charge in [0.25, 0.3) is 0 Å². The van der Waals surface area contributed by atoms with Gasteiger partial charge in [0.2, 0.25) is 11.0 Å². The van der Waals surface area contributed by atoms with E-state index in [-0.39, 0.29) is 5.91 Å². The van der Waals surface area contributed by atoms with Gasteiger partial charge in [-0.1, -0.05) is 48.6 Å². The highest BCUT2D eigenvalue weighted by Crippen LogP contribution is 2.23. The predicted octanol–water partition coefficient (Wildman–Crippen LogP) is 4.06. The third kappa shape index (κ3) is 4.84. The Labute approximate surface area is 178 Å². The topological polar surface area (TPSA) is 85.6 Å². The highest BCUT2D eigenvalue weighted by atomic mass is 32.1. The van der Waals surface area contributed by atoms with Crippen LogP contribution in [0.1, 0.15) is 23.1 Å². The maximum atomic E-state index is 12.3. The number of nitrogens with zero attached hydrogens (tertiary/aromatic N) is 5. The van der Waals surface area contributed by atoms with Crippen molar-refractivity contribution in [3.05, 3.63) is 83.3 Å². The van der Waals surface area contributed by atoms with Crippen LogP contribution in [0.25, 0.3) is 17.3 Å². The van der Waals surface area contributed by atoms with Crippen LogP contribution in [0.3, 0.4) is 0 Å². The smallest absolute Gasteiger partial charge is 0.250 e. The summed E-state index contributed by atoms with van der Waals surface area (Å²) >= 11 is 1.38. The van der Waals surface area contributed by atoms with Crippen molar-refractivity contribution in [2.24, 2.45) is 0 Å². The van der Waals surface area contributed by atoms with Crippen molar-refractivity contribution in [2.45, 2.75) is 19.9 Å². The van der Waals surface area contributed by atoms with Gasteiger partial charge in [-0.05, 0) is 30.2 Å². The fraction of sp³-hybridized carbons (Fsp3) is 0.136. The van der Waals surface area contributed by atoms with Crippen molar-refractivity contribution in [3.8, 4) is 11.3 Å². The van der Waals surface area contributed by atoms with Gasteiger partial charge < -0.3 is 0 Å². The van der Waals surface area contributed by atoms with Gasteiger partial charge in [0.1, 0.15) is 10.7 Å². The zero-order chi connectivity index (χ0) is 20.8. The van der Waals surface area contributed by atoms with Crippen LogP contribution >= 0.6 is 11.3 Å². The van der Waals surface area contributed by atoms with E-state index < -0.39 is 0 Å². The summed E-state index contributed by atoms with van der Waals surface area (Å²) in [5.74, 6) is -0.262. The monoisotopic (exact) mass is 416 g/mol. The minimum atomic E-state index is -0.262. The highest BCUT2D eigenvalue weighted by Gasteiger charge is 2.11. The minimum absolute atomic E-state index is 0.262. The summed E-state index contributed by atoms with van der Waals surface area (Å²) in [6, 6.07) is 13.9. The molecule has 7 nitrogen and oxygen atoms in total. The molecule has 8 heteroatoms. The lowest BCUT2D eigenvalue weighted by molar-refractivity contribution is -0.111. The van der Waals surface area contributed by atoms with Crippen LogP contribution in [-0.4, -0.2) is 30.9 Å². The van der Waals surface area contributed by atoms with E-state index >= 15 is 0 Å². The van der Waals surface area contributed by atoms with E-state index in [0.717, 1.165) is 33.8 Å². The second-order valence-corrected chi connectivity index (χ2v) is 7.60. The fourth-order valence-electron chi connectivity index (χ4n) is 2.90. The summed E-state index contributed by atoms with van der Waals surface area (Å²) in [6.45, 7) is 2.64. The van der Waals surface area contributed by atoms with Gasteiger partial charge in [-0.25, -0.2) is 0 Å². The molecule has 3 aromatic heterocycles. The van der Waals surface area contributed by atoms with E-state index in [9.17, 15) is 4.79 Å². The Hall–Kier alpha value is -3.65. The standard InChI is InChI=1S/C22H20N6OS/c1-2-20-25-26-22(30-20)24-19(29)11-10-18-15-28(14-16-7-4-3-5-8-16)27-21(18)17-9-6-12-23-13-17/h3-13,15H,2,14H2,1H3,(H,24,26,29)/b11-10+. The van der Waals surface area contributed by atoms with E-state index in [2.05, 4.69) is 32.6 Å². The zero-order valence-corrected chi connectivity index (χ0v) is 17.2. The van der Waals surface area contributed by atoms with Crippen LogP contribution in [-0.2, 0) is 17.8 Å². The maximum Gasteiger partial charge on any atom is 0.250 e. The molecule has 4 aromatic rings. The molecule has 0 fully saturated rings. The van der Waals surface area contributed by atoms with Crippen LogP contribution in [0.5, 0.6) is 0 Å². The molecule has 0 saturated heterocycles. The number of aromatic nitrogens is 5. The molecule has 0 radical (unpaired) electrons. The van der Waals surface area contributed by atoms with Gasteiger partial charge in [-0.3, -0.25) is 19.8 Å². The van der Waals surface area contributed by atoms with Crippen molar-refractivity contribution >= 4 is 28.5 Å². The van der Waals surface area contributed by atoms with Crippen molar-refractivity contribution in [2.75, 3.05) is 5.32 Å². The Balaban J connectivity index is 1.57. The Bertz CT molecular complexity index is 1150. The number of benzene rings is 1. The zero-order valence-electron chi connectivity index (χ0n) is 16.4. The first-order valence-electron chi connectivity index (χ1n) is 9.54. The molecule has 0 aliphatic carbocycles. The summed E-state index contributed by atoms with van der Waals surface area (Å²) in [5, 5.41) is 16.8. The minimum Gasteiger partial charge on any atom is -0.297 e. The number of amides is 1. The molecule has 4 rings (SSSR count). The van der Waals surface area contributed by atoms with Crippen molar-refractivity contribution in [1.29, 1.82) is 0 Å². The van der Waals surface area contributed by atoms with E-state index in [1.54, 1.807) is 18.5 Å². The average Bonchev–Trinajstić information content (AvgIpc) is 3.40. The number of hydrogen-bond acceptors (Lipinski definition) is 6. The molecule has 0 saturated carbocycles. The Morgan fingerprint density at radius 2 is 2.03 bits per heavy atom. The molecule has 1 N–H and O–H groups in total. The lowest BCUT2D eigenvalue weighted by Crippen LogP contribution is -2.07. The molecular formula is C22H20N6OS. The van der Waals surface area contributed by atoms with E-state index in [1.807, 2.05) is 48.1 Å². The molecular weight excluding hydrogens is 396 g/mol. The summed E-state index contributed by atoms with van der Waals surface area (Å²) in [6.07, 6.45) is 9.45.